The Balaban J connectivity index is 3.28. The minimum atomic E-state index is -0.129. The van der Waals surface area contributed by atoms with Gasteiger partial charge in [0.1, 0.15) is 0 Å². The van der Waals surface area contributed by atoms with E-state index in [1.807, 2.05) is 6.08 Å². The lowest BCUT2D eigenvalue weighted by atomic mass is 10.2. The summed E-state index contributed by atoms with van der Waals surface area (Å²) in [6, 6.07) is 0. The van der Waals surface area contributed by atoms with Crippen molar-refractivity contribution < 1.29 is 9.53 Å². The molecule has 0 bridgehead atoms. The summed E-state index contributed by atoms with van der Waals surface area (Å²) >= 11 is 0. The molecule has 0 N–H and O–H groups in total. The first kappa shape index (κ1) is 13.5. The van der Waals surface area contributed by atoms with E-state index in [0.29, 0.717) is 6.42 Å². The van der Waals surface area contributed by atoms with Crippen LogP contribution in [0.5, 0.6) is 0 Å². The van der Waals surface area contributed by atoms with Gasteiger partial charge in [-0.15, -0.1) is 6.42 Å². The fraction of sp³-hybridized carbons (Fsp3) is 0.462. The van der Waals surface area contributed by atoms with Gasteiger partial charge in [0.25, 0.3) is 0 Å². The fourth-order valence-electron chi connectivity index (χ4n) is 1.06. The highest BCUT2D eigenvalue weighted by atomic mass is 16.5. The maximum Gasteiger partial charge on any atom is 0.305 e. The first-order valence-electron chi connectivity index (χ1n) is 5.14. The number of unbranched alkanes of at least 4 members (excludes halogenated alkanes) is 2. The molecule has 0 spiro atoms. The second-order valence-electron chi connectivity index (χ2n) is 3.10. The number of carbonyl (C=O) groups excluding carboxylic acids is 1. The number of hydrogen-bond donors (Lipinski definition) is 0. The average Bonchev–Trinajstić information content (AvgIpc) is 2.26. The first-order valence-corrected chi connectivity index (χ1v) is 5.14. The summed E-state index contributed by atoms with van der Waals surface area (Å²) in [6.45, 7) is 0. The molecular weight excluding hydrogens is 188 g/mol. The Bertz CT molecular complexity index is 256. The van der Waals surface area contributed by atoms with E-state index in [0.717, 1.165) is 25.7 Å². The van der Waals surface area contributed by atoms with Crippen LogP contribution in [-0.4, -0.2) is 13.1 Å². The van der Waals surface area contributed by atoms with Gasteiger partial charge in [0, 0.05) is 6.42 Å². The summed E-state index contributed by atoms with van der Waals surface area (Å²) in [4.78, 5) is 10.8. The van der Waals surface area contributed by atoms with Gasteiger partial charge in [0.15, 0.2) is 0 Å². The van der Waals surface area contributed by atoms with Crippen molar-refractivity contribution in [2.75, 3.05) is 7.11 Å². The zero-order valence-corrected chi connectivity index (χ0v) is 9.24. The van der Waals surface area contributed by atoms with Crippen LogP contribution in [0, 0.1) is 12.3 Å². The highest BCUT2D eigenvalue weighted by Crippen LogP contribution is 2.02. The highest BCUT2D eigenvalue weighted by Gasteiger charge is 1.97. The molecule has 15 heavy (non-hydrogen) atoms. The third kappa shape index (κ3) is 10.4. The van der Waals surface area contributed by atoms with E-state index < -0.39 is 0 Å². The molecule has 0 aromatic rings. The van der Waals surface area contributed by atoms with Crippen LogP contribution in [0.15, 0.2) is 24.3 Å². The maximum atomic E-state index is 10.8. The standard InChI is InChI=1S/C13H18O2/c1-3-4-5-6-7-8-9-10-11-12-13(14)15-2/h1,4-5,7-8H,6,9-12H2,2H3/b5-4-,8-7+. The molecule has 0 atom stereocenters. The molecule has 0 heterocycles. The summed E-state index contributed by atoms with van der Waals surface area (Å²) in [5.41, 5.74) is 0. The summed E-state index contributed by atoms with van der Waals surface area (Å²) in [7, 11) is 1.42. The fourth-order valence-corrected chi connectivity index (χ4v) is 1.06. The van der Waals surface area contributed by atoms with Crippen LogP contribution in [0.1, 0.15) is 32.1 Å². The largest absolute Gasteiger partial charge is 0.469 e. The van der Waals surface area contributed by atoms with Crippen molar-refractivity contribution in [3.63, 3.8) is 0 Å². The lowest BCUT2D eigenvalue weighted by Gasteiger charge is -1.96. The molecule has 0 aliphatic carbocycles. The maximum absolute atomic E-state index is 10.8. The zero-order valence-electron chi connectivity index (χ0n) is 9.24. The van der Waals surface area contributed by atoms with Crippen LogP contribution in [0.25, 0.3) is 0 Å². The number of esters is 1. The van der Waals surface area contributed by atoms with Gasteiger partial charge in [0.05, 0.1) is 7.11 Å². The van der Waals surface area contributed by atoms with Crippen molar-refractivity contribution in [1.29, 1.82) is 0 Å². The number of carbonyl (C=O) groups is 1. The number of terminal acetylenes is 1. The molecule has 0 rings (SSSR count). The lowest BCUT2D eigenvalue weighted by Crippen LogP contribution is -1.98. The zero-order chi connectivity index (χ0) is 11.4. The summed E-state index contributed by atoms with van der Waals surface area (Å²) < 4.78 is 4.54. The molecule has 0 saturated carbocycles. The Hall–Kier alpha value is -1.49. The molecule has 0 aliphatic heterocycles. The molecule has 0 amide bonds. The van der Waals surface area contributed by atoms with E-state index in [1.165, 1.54) is 7.11 Å². The second kappa shape index (κ2) is 10.6. The van der Waals surface area contributed by atoms with Crippen LogP contribution >= 0.6 is 0 Å². The van der Waals surface area contributed by atoms with E-state index >= 15 is 0 Å². The molecule has 0 saturated heterocycles. The van der Waals surface area contributed by atoms with E-state index in [4.69, 9.17) is 6.42 Å². The number of rotatable bonds is 7. The van der Waals surface area contributed by atoms with Crippen LogP contribution < -0.4 is 0 Å². The quantitative estimate of drug-likeness (QED) is 0.277. The molecule has 2 nitrogen and oxygen atoms in total. The second-order valence-corrected chi connectivity index (χ2v) is 3.10. The van der Waals surface area contributed by atoms with Gasteiger partial charge >= 0.3 is 5.97 Å². The summed E-state index contributed by atoms with van der Waals surface area (Å²) in [5.74, 6) is 2.30. The molecule has 0 aliphatic rings. The Morgan fingerprint density at radius 3 is 2.80 bits per heavy atom. The Morgan fingerprint density at radius 1 is 1.33 bits per heavy atom. The highest BCUT2D eigenvalue weighted by molar-refractivity contribution is 5.68. The number of methoxy groups -OCH3 is 1. The van der Waals surface area contributed by atoms with Crippen LogP contribution in [0.2, 0.25) is 0 Å². The minimum Gasteiger partial charge on any atom is -0.469 e. The number of hydrogen-bond acceptors (Lipinski definition) is 2. The van der Waals surface area contributed by atoms with Gasteiger partial charge in [-0.25, -0.2) is 0 Å². The normalized spacial score (nSPS) is 10.7. The molecule has 0 aromatic carbocycles. The third-order valence-corrected chi connectivity index (χ3v) is 1.88. The number of allylic oxidation sites excluding steroid dienone is 4. The van der Waals surface area contributed by atoms with E-state index in [2.05, 4.69) is 22.8 Å². The van der Waals surface area contributed by atoms with Crippen molar-refractivity contribution in [3.05, 3.63) is 24.3 Å². The van der Waals surface area contributed by atoms with Crippen LogP contribution in [-0.2, 0) is 9.53 Å². The Kier molecular flexibility index (Phi) is 9.54. The van der Waals surface area contributed by atoms with Crippen LogP contribution in [0.3, 0.4) is 0 Å². The van der Waals surface area contributed by atoms with Crippen LogP contribution in [0.4, 0.5) is 0 Å². The molecule has 0 aromatic heterocycles. The summed E-state index contributed by atoms with van der Waals surface area (Å²) in [5, 5.41) is 0. The van der Waals surface area contributed by atoms with Gasteiger partial charge < -0.3 is 4.74 Å². The van der Waals surface area contributed by atoms with E-state index in [9.17, 15) is 4.79 Å². The topological polar surface area (TPSA) is 26.3 Å². The SMILES string of the molecule is C#C/C=C\C/C=C/CCCCC(=O)OC. The van der Waals surface area contributed by atoms with Crippen molar-refractivity contribution >= 4 is 5.97 Å². The Morgan fingerprint density at radius 2 is 2.13 bits per heavy atom. The van der Waals surface area contributed by atoms with Crippen molar-refractivity contribution in [3.8, 4) is 12.3 Å². The van der Waals surface area contributed by atoms with E-state index in [-0.39, 0.29) is 5.97 Å². The predicted octanol–water partition coefficient (Wildman–Crippen LogP) is 2.86. The first-order chi connectivity index (χ1) is 7.31. The summed E-state index contributed by atoms with van der Waals surface area (Å²) in [6.07, 6.45) is 17.2. The van der Waals surface area contributed by atoms with E-state index in [1.54, 1.807) is 6.08 Å². The minimum absolute atomic E-state index is 0.129. The molecule has 2 heteroatoms. The smallest absolute Gasteiger partial charge is 0.305 e. The third-order valence-electron chi connectivity index (χ3n) is 1.88. The van der Waals surface area contributed by atoms with Gasteiger partial charge in [-0.3, -0.25) is 4.79 Å². The molecular formula is C13H18O2. The average molecular weight is 206 g/mol. The lowest BCUT2D eigenvalue weighted by molar-refractivity contribution is -0.140. The molecule has 0 unspecified atom stereocenters. The monoisotopic (exact) mass is 206 g/mol. The molecule has 82 valence electrons. The van der Waals surface area contributed by atoms with Gasteiger partial charge in [-0.05, 0) is 31.8 Å². The Labute approximate surface area is 92.0 Å². The van der Waals surface area contributed by atoms with Gasteiger partial charge in [-0.1, -0.05) is 24.1 Å². The van der Waals surface area contributed by atoms with Gasteiger partial charge in [-0.2, -0.15) is 0 Å². The van der Waals surface area contributed by atoms with Crippen molar-refractivity contribution in [2.24, 2.45) is 0 Å². The predicted molar refractivity (Wildman–Crippen MR) is 62.2 cm³/mol. The van der Waals surface area contributed by atoms with Crippen molar-refractivity contribution in [1.82, 2.24) is 0 Å². The van der Waals surface area contributed by atoms with Gasteiger partial charge in [0.2, 0.25) is 0 Å². The molecule has 0 radical (unpaired) electrons. The number of ether oxygens (including phenoxy) is 1. The molecule has 0 fully saturated rings. The van der Waals surface area contributed by atoms with Crippen molar-refractivity contribution in [2.45, 2.75) is 32.1 Å².